The minimum atomic E-state index is -3.67. The zero-order valence-electron chi connectivity index (χ0n) is 11.4. The maximum absolute atomic E-state index is 12.4. The number of rotatable bonds is 5. The lowest BCUT2D eigenvalue weighted by molar-refractivity contribution is 0.494. The van der Waals surface area contributed by atoms with E-state index in [4.69, 9.17) is 10.2 Å². The second-order valence-corrected chi connectivity index (χ2v) is 6.08. The summed E-state index contributed by atoms with van der Waals surface area (Å²) in [4.78, 5) is 4.20. The summed E-state index contributed by atoms with van der Waals surface area (Å²) in [5.41, 5.74) is 6.76. The monoisotopic (exact) mass is 295 g/mol. The van der Waals surface area contributed by atoms with Gasteiger partial charge in [-0.15, -0.1) is 0 Å². The number of nitrogens with one attached hydrogen (secondary N) is 1. The number of aryl methyl sites for hydroxylation is 2. The van der Waals surface area contributed by atoms with Crippen molar-refractivity contribution in [1.82, 2.24) is 9.71 Å². The molecule has 6 nitrogen and oxygen atoms in total. The number of hydrogen-bond acceptors (Lipinski definition) is 5. The van der Waals surface area contributed by atoms with Gasteiger partial charge in [-0.3, -0.25) is 4.98 Å². The van der Waals surface area contributed by atoms with Crippen molar-refractivity contribution in [2.24, 2.45) is 5.73 Å². The van der Waals surface area contributed by atoms with Gasteiger partial charge >= 0.3 is 0 Å². The number of nitrogens with zero attached hydrogens (tertiary/aromatic N) is 1. The van der Waals surface area contributed by atoms with Crippen LogP contribution in [0.2, 0.25) is 0 Å². The Morgan fingerprint density at radius 3 is 2.65 bits per heavy atom. The number of furan rings is 1. The molecule has 108 valence electrons. The van der Waals surface area contributed by atoms with E-state index in [1.807, 2.05) is 0 Å². The molecule has 2 aromatic heterocycles. The first-order valence-corrected chi connectivity index (χ1v) is 7.62. The van der Waals surface area contributed by atoms with E-state index in [2.05, 4.69) is 9.71 Å². The Bertz CT molecular complexity index is 693. The highest BCUT2D eigenvalue weighted by atomic mass is 32.2. The fourth-order valence-corrected chi connectivity index (χ4v) is 3.50. The van der Waals surface area contributed by atoms with Crippen LogP contribution in [0.25, 0.3) is 0 Å². The second-order valence-electron chi connectivity index (χ2n) is 4.37. The normalized spacial score (nSPS) is 11.8. The van der Waals surface area contributed by atoms with Crippen molar-refractivity contribution in [1.29, 1.82) is 0 Å². The molecular weight excluding hydrogens is 278 g/mol. The fraction of sp³-hybridized carbons (Fsp3) is 0.308. The SMILES string of the molecule is Cc1oc(C)c(S(=O)(=O)NCc2ccccn2)c1CN. The lowest BCUT2D eigenvalue weighted by Crippen LogP contribution is -2.25. The molecule has 0 atom stereocenters. The Balaban J connectivity index is 2.27. The van der Waals surface area contributed by atoms with Crippen LogP contribution in [0.5, 0.6) is 0 Å². The van der Waals surface area contributed by atoms with Crippen molar-refractivity contribution < 1.29 is 12.8 Å². The van der Waals surface area contributed by atoms with Crippen LogP contribution in [0, 0.1) is 13.8 Å². The first-order valence-electron chi connectivity index (χ1n) is 6.14. The lowest BCUT2D eigenvalue weighted by atomic mass is 10.2. The van der Waals surface area contributed by atoms with Crippen LogP contribution in [-0.2, 0) is 23.1 Å². The maximum Gasteiger partial charge on any atom is 0.244 e. The minimum Gasteiger partial charge on any atom is -0.465 e. The summed E-state index contributed by atoms with van der Waals surface area (Å²) >= 11 is 0. The van der Waals surface area contributed by atoms with Crippen molar-refractivity contribution in [3.8, 4) is 0 Å². The van der Waals surface area contributed by atoms with Gasteiger partial charge < -0.3 is 10.2 Å². The lowest BCUT2D eigenvalue weighted by Gasteiger charge is -2.07. The van der Waals surface area contributed by atoms with Crippen molar-refractivity contribution in [2.75, 3.05) is 0 Å². The van der Waals surface area contributed by atoms with Crippen LogP contribution in [-0.4, -0.2) is 13.4 Å². The Morgan fingerprint density at radius 2 is 2.05 bits per heavy atom. The predicted molar refractivity (Wildman–Crippen MR) is 74.3 cm³/mol. The van der Waals surface area contributed by atoms with Crippen LogP contribution in [0.3, 0.4) is 0 Å². The summed E-state index contributed by atoms with van der Waals surface area (Å²) in [6.07, 6.45) is 1.61. The van der Waals surface area contributed by atoms with Gasteiger partial charge in [0.05, 0.1) is 12.2 Å². The molecule has 0 aliphatic heterocycles. The topological polar surface area (TPSA) is 98.2 Å². The van der Waals surface area contributed by atoms with Crippen molar-refractivity contribution >= 4 is 10.0 Å². The van der Waals surface area contributed by atoms with Crippen LogP contribution in [0.4, 0.5) is 0 Å². The van der Waals surface area contributed by atoms with Crippen LogP contribution in [0.15, 0.2) is 33.7 Å². The molecule has 0 aliphatic carbocycles. The molecule has 0 aromatic carbocycles. The Morgan fingerprint density at radius 1 is 1.30 bits per heavy atom. The van der Waals surface area contributed by atoms with Gasteiger partial charge in [-0.25, -0.2) is 13.1 Å². The Labute approximate surface area is 118 Å². The van der Waals surface area contributed by atoms with Crippen LogP contribution in [0.1, 0.15) is 22.8 Å². The van der Waals surface area contributed by atoms with Gasteiger partial charge in [0.15, 0.2) is 0 Å². The number of sulfonamides is 1. The summed E-state index contributed by atoms with van der Waals surface area (Å²) in [6.45, 7) is 3.55. The number of hydrogen-bond donors (Lipinski definition) is 2. The van der Waals surface area contributed by atoms with E-state index >= 15 is 0 Å². The molecule has 0 radical (unpaired) electrons. The predicted octanol–water partition coefficient (Wildman–Crippen LogP) is 1.23. The molecule has 0 amide bonds. The molecule has 2 rings (SSSR count). The smallest absolute Gasteiger partial charge is 0.244 e. The molecule has 0 aliphatic rings. The molecule has 3 N–H and O–H groups in total. The average Bonchev–Trinajstić information content (AvgIpc) is 2.72. The summed E-state index contributed by atoms with van der Waals surface area (Å²) in [5, 5.41) is 0. The third kappa shape index (κ3) is 2.90. The summed E-state index contributed by atoms with van der Waals surface area (Å²) in [5.74, 6) is 0.875. The summed E-state index contributed by atoms with van der Waals surface area (Å²) in [7, 11) is -3.67. The molecule has 20 heavy (non-hydrogen) atoms. The number of pyridine rings is 1. The molecular formula is C13H17N3O3S. The Kier molecular flexibility index (Phi) is 4.22. The zero-order valence-corrected chi connectivity index (χ0v) is 12.2. The van der Waals surface area contributed by atoms with E-state index in [-0.39, 0.29) is 18.0 Å². The number of aromatic nitrogens is 1. The van der Waals surface area contributed by atoms with Gasteiger partial charge in [0.1, 0.15) is 16.4 Å². The van der Waals surface area contributed by atoms with Gasteiger partial charge in [-0.05, 0) is 26.0 Å². The van der Waals surface area contributed by atoms with Crippen LogP contribution < -0.4 is 10.5 Å². The quantitative estimate of drug-likeness (QED) is 0.864. The van der Waals surface area contributed by atoms with E-state index in [0.717, 1.165) is 0 Å². The number of nitrogens with two attached hydrogens (primary N) is 1. The van der Waals surface area contributed by atoms with E-state index < -0.39 is 10.0 Å². The van der Waals surface area contributed by atoms with Crippen LogP contribution >= 0.6 is 0 Å². The van der Waals surface area contributed by atoms with Crippen molar-refractivity contribution in [3.63, 3.8) is 0 Å². The highest BCUT2D eigenvalue weighted by Gasteiger charge is 2.25. The average molecular weight is 295 g/mol. The largest absolute Gasteiger partial charge is 0.465 e. The second kappa shape index (κ2) is 5.74. The summed E-state index contributed by atoms with van der Waals surface area (Å²) in [6, 6.07) is 5.32. The standard InChI is InChI=1S/C13H17N3O3S/c1-9-12(7-14)13(10(2)19-9)20(17,18)16-8-11-5-3-4-6-15-11/h3-6,16H,7-8,14H2,1-2H3. The zero-order chi connectivity index (χ0) is 14.8. The van der Waals surface area contributed by atoms with Gasteiger partial charge in [0, 0.05) is 18.3 Å². The summed E-state index contributed by atoms with van der Waals surface area (Å²) < 4.78 is 32.6. The molecule has 0 bridgehead atoms. The molecule has 2 heterocycles. The van der Waals surface area contributed by atoms with Gasteiger partial charge in [0.2, 0.25) is 10.0 Å². The molecule has 0 saturated heterocycles. The van der Waals surface area contributed by atoms with Gasteiger partial charge in [0.25, 0.3) is 0 Å². The highest BCUT2D eigenvalue weighted by molar-refractivity contribution is 7.89. The molecule has 2 aromatic rings. The third-order valence-electron chi connectivity index (χ3n) is 2.97. The first kappa shape index (κ1) is 14.7. The van der Waals surface area contributed by atoms with E-state index in [9.17, 15) is 8.42 Å². The van der Waals surface area contributed by atoms with Gasteiger partial charge in [-0.1, -0.05) is 6.07 Å². The molecule has 0 unspecified atom stereocenters. The highest BCUT2D eigenvalue weighted by Crippen LogP contribution is 2.26. The van der Waals surface area contributed by atoms with E-state index in [1.54, 1.807) is 38.2 Å². The maximum atomic E-state index is 12.4. The third-order valence-corrected chi connectivity index (χ3v) is 4.56. The molecule has 0 fully saturated rings. The molecule has 0 saturated carbocycles. The van der Waals surface area contributed by atoms with Crippen molar-refractivity contribution in [2.45, 2.75) is 31.8 Å². The van der Waals surface area contributed by atoms with Crippen molar-refractivity contribution in [3.05, 3.63) is 47.2 Å². The molecule has 0 spiro atoms. The minimum absolute atomic E-state index is 0.114. The fourth-order valence-electron chi connectivity index (χ4n) is 2.04. The van der Waals surface area contributed by atoms with Gasteiger partial charge in [-0.2, -0.15) is 0 Å². The Hall–Kier alpha value is -1.70. The van der Waals surface area contributed by atoms with E-state index in [0.29, 0.717) is 22.8 Å². The van der Waals surface area contributed by atoms with E-state index in [1.165, 1.54) is 0 Å². The first-order chi connectivity index (χ1) is 9.45. The molecule has 7 heteroatoms.